The van der Waals surface area contributed by atoms with Gasteiger partial charge in [0.05, 0.1) is 24.2 Å². The van der Waals surface area contributed by atoms with Crippen molar-refractivity contribution in [2.45, 2.75) is 38.2 Å². The maximum absolute atomic E-state index is 6.03. The highest BCUT2D eigenvalue weighted by Crippen LogP contribution is 2.26. The minimum Gasteiger partial charge on any atom is -0.489 e. The molecule has 2 aliphatic rings. The summed E-state index contributed by atoms with van der Waals surface area (Å²) in [7, 11) is 0. The summed E-state index contributed by atoms with van der Waals surface area (Å²) in [6.45, 7) is 4.31. The topological polar surface area (TPSA) is 37.4 Å². The second kappa shape index (κ2) is 6.24. The number of ether oxygens (including phenoxy) is 1. The molecule has 3 rings (SSSR count). The van der Waals surface area contributed by atoms with Crippen molar-refractivity contribution < 1.29 is 4.74 Å². The monoisotopic (exact) mass is 261 g/mol. The maximum Gasteiger partial charge on any atom is 0.140 e. The van der Waals surface area contributed by atoms with Crippen LogP contribution in [0.4, 0.5) is 5.69 Å². The summed E-state index contributed by atoms with van der Waals surface area (Å²) in [5.41, 5.74) is 1.19. The SMILES string of the molecule is c1ncc(N2CCCNCC2)cc1OC1CCCC1. The number of hydrogen-bond acceptors (Lipinski definition) is 4. The lowest BCUT2D eigenvalue weighted by Crippen LogP contribution is -2.27. The summed E-state index contributed by atoms with van der Waals surface area (Å²) in [5, 5.41) is 3.43. The molecule has 0 amide bonds. The lowest BCUT2D eigenvalue weighted by molar-refractivity contribution is 0.209. The number of rotatable bonds is 3. The Morgan fingerprint density at radius 2 is 2.00 bits per heavy atom. The summed E-state index contributed by atoms with van der Waals surface area (Å²) in [6, 6.07) is 2.15. The van der Waals surface area contributed by atoms with E-state index in [1.807, 2.05) is 12.4 Å². The first-order valence-corrected chi connectivity index (χ1v) is 7.49. The van der Waals surface area contributed by atoms with Gasteiger partial charge in [0.15, 0.2) is 0 Å². The molecule has 1 aromatic heterocycles. The van der Waals surface area contributed by atoms with Crippen LogP contribution in [0.25, 0.3) is 0 Å². The van der Waals surface area contributed by atoms with Gasteiger partial charge in [0.2, 0.25) is 0 Å². The number of hydrogen-bond donors (Lipinski definition) is 1. The van der Waals surface area contributed by atoms with Crippen LogP contribution in [-0.4, -0.2) is 37.3 Å². The molecular weight excluding hydrogens is 238 g/mol. The quantitative estimate of drug-likeness (QED) is 0.905. The fourth-order valence-corrected chi connectivity index (χ4v) is 2.95. The summed E-state index contributed by atoms with van der Waals surface area (Å²) < 4.78 is 6.03. The molecule has 2 heterocycles. The fraction of sp³-hybridized carbons (Fsp3) is 0.667. The van der Waals surface area contributed by atoms with Crippen molar-refractivity contribution in [1.82, 2.24) is 10.3 Å². The molecule has 0 spiro atoms. The standard InChI is InChI=1S/C15H23N3O/c1-2-5-14(4-1)19-15-10-13(11-17-12-15)18-8-3-6-16-7-9-18/h10-12,14,16H,1-9H2. The maximum atomic E-state index is 6.03. The molecule has 1 saturated carbocycles. The third kappa shape index (κ3) is 3.38. The van der Waals surface area contributed by atoms with Crippen molar-refractivity contribution in [3.63, 3.8) is 0 Å². The van der Waals surface area contributed by atoms with Crippen LogP contribution < -0.4 is 15.0 Å². The van der Waals surface area contributed by atoms with E-state index in [2.05, 4.69) is 21.3 Å². The van der Waals surface area contributed by atoms with E-state index in [0.717, 1.165) is 31.9 Å². The highest BCUT2D eigenvalue weighted by molar-refractivity contribution is 5.48. The van der Waals surface area contributed by atoms with Crippen LogP contribution in [-0.2, 0) is 0 Å². The molecule has 1 aromatic rings. The summed E-state index contributed by atoms with van der Waals surface area (Å²) >= 11 is 0. The van der Waals surface area contributed by atoms with Gasteiger partial charge >= 0.3 is 0 Å². The first-order chi connectivity index (χ1) is 9.42. The van der Waals surface area contributed by atoms with Gasteiger partial charge in [-0.05, 0) is 38.6 Å². The summed E-state index contributed by atoms with van der Waals surface area (Å²) in [4.78, 5) is 6.74. The van der Waals surface area contributed by atoms with E-state index in [4.69, 9.17) is 4.74 Å². The Morgan fingerprint density at radius 3 is 2.89 bits per heavy atom. The van der Waals surface area contributed by atoms with Crippen LogP contribution in [0.3, 0.4) is 0 Å². The molecule has 4 nitrogen and oxygen atoms in total. The molecule has 4 heteroatoms. The molecule has 1 N–H and O–H groups in total. The molecule has 0 bridgehead atoms. The van der Waals surface area contributed by atoms with Crippen LogP contribution in [0.5, 0.6) is 5.75 Å². The van der Waals surface area contributed by atoms with Crippen LogP contribution in [0.1, 0.15) is 32.1 Å². The molecule has 19 heavy (non-hydrogen) atoms. The molecule has 104 valence electrons. The molecular formula is C15H23N3O. The van der Waals surface area contributed by atoms with E-state index in [-0.39, 0.29) is 0 Å². The van der Waals surface area contributed by atoms with Crippen LogP contribution in [0, 0.1) is 0 Å². The Morgan fingerprint density at radius 1 is 1.11 bits per heavy atom. The lowest BCUT2D eigenvalue weighted by Gasteiger charge is -2.23. The Kier molecular flexibility index (Phi) is 4.18. The van der Waals surface area contributed by atoms with Gasteiger partial charge in [-0.25, -0.2) is 0 Å². The molecule has 2 fully saturated rings. The number of anilines is 1. The first kappa shape index (κ1) is 12.7. The average molecular weight is 261 g/mol. The third-order valence-electron chi connectivity index (χ3n) is 4.01. The minimum atomic E-state index is 0.405. The smallest absolute Gasteiger partial charge is 0.140 e. The van der Waals surface area contributed by atoms with E-state index in [9.17, 15) is 0 Å². The van der Waals surface area contributed by atoms with E-state index in [1.165, 1.54) is 37.8 Å². The molecule has 0 unspecified atom stereocenters. The van der Waals surface area contributed by atoms with E-state index in [0.29, 0.717) is 6.10 Å². The Balaban J connectivity index is 1.67. The van der Waals surface area contributed by atoms with Crippen LogP contribution in [0.2, 0.25) is 0 Å². The molecule has 0 aromatic carbocycles. The van der Waals surface area contributed by atoms with Crippen molar-refractivity contribution in [2.24, 2.45) is 0 Å². The van der Waals surface area contributed by atoms with Gasteiger partial charge in [0, 0.05) is 25.7 Å². The van der Waals surface area contributed by atoms with Gasteiger partial charge in [0.25, 0.3) is 0 Å². The molecule has 1 aliphatic heterocycles. The van der Waals surface area contributed by atoms with Crippen LogP contribution in [0.15, 0.2) is 18.5 Å². The Labute approximate surface area is 115 Å². The van der Waals surface area contributed by atoms with Gasteiger partial charge in [-0.2, -0.15) is 0 Å². The number of nitrogens with zero attached hydrogens (tertiary/aromatic N) is 2. The highest BCUT2D eigenvalue weighted by Gasteiger charge is 2.17. The number of pyridine rings is 1. The van der Waals surface area contributed by atoms with Crippen LogP contribution >= 0.6 is 0 Å². The molecule has 1 saturated heterocycles. The molecule has 0 radical (unpaired) electrons. The summed E-state index contributed by atoms with van der Waals surface area (Å²) in [5.74, 6) is 0.932. The van der Waals surface area contributed by atoms with Crippen molar-refractivity contribution >= 4 is 5.69 Å². The zero-order valence-electron chi connectivity index (χ0n) is 11.5. The van der Waals surface area contributed by atoms with Gasteiger partial charge in [-0.15, -0.1) is 0 Å². The zero-order chi connectivity index (χ0) is 12.9. The van der Waals surface area contributed by atoms with Crippen molar-refractivity contribution in [3.8, 4) is 5.75 Å². The molecule has 0 atom stereocenters. The van der Waals surface area contributed by atoms with E-state index < -0.39 is 0 Å². The predicted molar refractivity (Wildman–Crippen MR) is 76.8 cm³/mol. The second-order valence-corrected chi connectivity index (χ2v) is 5.49. The van der Waals surface area contributed by atoms with Gasteiger partial charge < -0.3 is 15.0 Å². The minimum absolute atomic E-state index is 0.405. The van der Waals surface area contributed by atoms with Gasteiger partial charge in [-0.1, -0.05) is 0 Å². The Bertz CT molecular complexity index is 396. The normalized spacial score (nSPS) is 21.4. The largest absolute Gasteiger partial charge is 0.489 e. The number of nitrogens with one attached hydrogen (secondary N) is 1. The van der Waals surface area contributed by atoms with Crippen molar-refractivity contribution in [2.75, 3.05) is 31.1 Å². The second-order valence-electron chi connectivity index (χ2n) is 5.49. The van der Waals surface area contributed by atoms with Gasteiger partial charge in [-0.3, -0.25) is 4.98 Å². The van der Waals surface area contributed by atoms with Crippen molar-refractivity contribution in [3.05, 3.63) is 18.5 Å². The van der Waals surface area contributed by atoms with Gasteiger partial charge in [0.1, 0.15) is 5.75 Å². The zero-order valence-corrected chi connectivity index (χ0v) is 11.5. The van der Waals surface area contributed by atoms with E-state index in [1.54, 1.807) is 0 Å². The highest BCUT2D eigenvalue weighted by atomic mass is 16.5. The third-order valence-corrected chi connectivity index (χ3v) is 4.01. The Hall–Kier alpha value is -1.29. The number of aromatic nitrogens is 1. The summed E-state index contributed by atoms with van der Waals surface area (Å²) in [6.07, 6.45) is 10.4. The first-order valence-electron chi connectivity index (χ1n) is 7.49. The average Bonchev–Trinajstić information content (AvgIpc) is 2.79. The fourth-order valence-electron chi connectivity index (χ4n) is 2.95. The lowest BCUT2D eigenvalue weighted by atomic mass is 10.3. The molecule has 1 aliphatic carbocycles. The van der Waals surface area contributed by atoms with E-state index >= 15 is 0 Å². The predicted octanol–water partition coefficient (Wildman–Crippen LogP) is 2.20. The van der Waals surface area contributed by atoms with Crippen molar-refractivity contribution in [1.29, 1.82) is 0 Å².